The molecule has 0 aliphatic carbocycles. The Kier molecular flexibility index (Phi) is 4.64. The van der Waals surface area contributed by atoms with E-state index >= 15 is 0 Å². The number of carbonyl (C=O) groups excluding carboxylic acids is 2. The Morgan fingerprint density at radius 2 is 1.95 bits per heavy atom. The largest absolute Gasteiger partial charge is 0.365 e. The highest BCUT2D eigenvalue weighted by Gasteiger charge is 2.21. The maximum atomic E-state index is 11.6. The number of hydrogen-bond acceptors (Lipinski definition) is 6. The van der Waals surface area contributed by atoms with Crippen molar-refractivity contribution in [1.29, 1.82) is 0 Å². The molecule has 0 spiro atoms. The van der Waals surface area contributed by atoms with Crippen LogP contribution in [0.2, 0.25) is 0 Å². The van der Waals surface area contributed by atoms with Crippen molar-refractivity contribution in [1.82, 2.24) is 9.97 Å². The molecule has 8 heteroatoms. The predicted molar refractivity (Wildman–Crippen MR) is 80.4 cm³/mol. The average molecular weight is 301 g/mol. The molecular formula is C14H15N5O3. The number of amides is 2. The van der Waals surface area contributed by atoms with E-state index in [-0.39, 0.29) is 17.3 Å². The number of benzene rings is 1. The van der Waals surface area contributed by atoms with E-state index in [4.69, 9.17) is 10.6 Å². The second-order valence-corrected chi connectivity index (χ2v) is 4.28. The third-order valence-corrected chi connectivity index (χ3v) is 2.72. The van der Waals surface area contributed by atoms with Gasteiger partial charge in [-0.05, 0) is 12.1 Å². The molecule has 0 unspecified atom stereocenters. The number of rotatable bonds is 5. The number of carbonyl (C=O) groups is 2. The van der Waals surface area contributed by atoms with Crippen LogP contribution in [0.25, 0.3) is 0 Å². The summed E-state index contributed by atoms with van der Waals surface area (Å²) in [5.74, 6) is -1.02. The molecule has 0 aliphatic heterocycles. The molecule has 0 radical (unpaired) electrons. The number of nitrogens with one attached hydrogen (secondary N) is 1. The number of para-hydroxylation sites is 1. The van der Waals surface area contributed by atoms with Crippen LogP contribution in [-0.4, -0.2) is 28.9 Å². The van der Waals surface area contributed by atoms with E-state index < -0.39 is 11.8 Å². The smallest absolute Gasteiger partial charge is 0.254 e. The van der Waals surface area contributed by atoms with E-state index in [0.717, 1.165) is 10.8 Å². The summed E-state index contributed by atoms with van der Waals surface area (Å²) in [5.41, 5.74) is 6.02. The molecule has 0 bridgehead atoms. The number of aromatic nitrogens is 2. The molecule has 2 amide bonds. The van der Waals surface area contributed by atoms with Crippen LogP contribution in [-0.2, 0) is 9.63 Å². The summed E-state index contributed by atoms with van der Waals surface area (Å²) in [6.45, 7) is 1.28. The number of hydroxylamine groups is 1. The Morgan fingerprint density at radius 3 is 2.50 bits per heavy atom. The molecule has 2 aromatic rings. The lowest BCUT2D eigenvalue weighted by molar-refractivity contribution is -0.122. The van der Waals surface area contributed by atoms with Gasteiger partial charge in [0.25, 0.3) is 5.91 Å². The van der Waals surface area contributed by atoms with E-state index in [1.54, 1.807) is 0 Å². The first kappa shape index (κ1) is 15.4. The van der Waals surface area contributed by atoms with Crippen LogP contribution in [0.3, 0.4) is 0 Å². The lowest BCUT2D eigenvalue weighted by atomic mass is 10.3. The fraction of sp³-hybridized carbons (Fsp3) is 0.143. The van der Waals surface area contributed by atoms with Crippen LogP contribution in [0.4, 0.5) is 17.5 Å². The number of anilines is 3. The van der Waals surface area contributed by atoms with Crippen molar-refractivity contribution in [3.63, 3.8) is 0 Å². The van der Waals surface area contributed by atoms with E-state index in [1.165, 1.54) is 20.2 Å². The van der Waals surface area contributed by atoms with Gasteiger partial charge in [0.1, 0.15) is 5.56 Å². The maximum absolute atomic E-state index is 11.6. The maximum Gasteiger partial charge on any atom is 0.254 e. The Morgan fingerprint density at radius 1 is 1.27 bits per heavy atom. The van der Waals surface area contributed by atoms with Crippen LogP contribution >= 0.6 is 0 Å². The summed E-state index contributed by atoms with van der Waals surface area (Å²) >= 11 is 0. The average Bonchev–Trinajstić information content (AvgIpc) is 2.48. The molecule has 1 heterocycles. The Hall–Kier alpha value is -3.00. The van der Waals surface area contributed by atoms with E-state index in [9.17, 15) is 9.59 Å². The van der Waals surface area contributed by atoms with E-state index in [0.29, 0.717) is 0 Å². The van der Waals surface area contributed by atoms with Gasteiger partial charge >= 0.3 is 0 Å². The highest BCUT2D eigenvalue weighted by molar-refractivity contribution is 6.01. The van der Waals surface area contributed by atoms with Gasteiger partial charge in [0.05, 0.1) is 7.11 Å². The summed E-state index contributed by atoms with van der Waals surface area (Å²) in [7, 11) is 1.29. The summed E-state index contributed by atoms with van der Waals surface area (Å²) in [6.07, 6.45) is 1.24. The summed E-state index contributed by atoms with van der Waals surface area (Å²) in [5, 5.41) is 3.83. The summed E-state index contributed by atoms with van der Waals surface area (Å²) < 4.78 is 0. The van der Waals surface area contributed by atoms with Crippen molar-refractivity contribution in [2.45, 2.75) is 6.92 Å². The topological polar surface area (TPSA) is 110 Å². The Bertz CT molecular complexity index is 690. The van der Waals surface area contributed by atoms with Crippen LogP contribution in [0, 0.1) is 0 Å². The third-order valence-electron chi connectivity index (χ3n) is 2.72. The van der Waals surface area contributed by atoms with Crippen LogP contribution in [0.15, 0.2) is 36.5 Å². The molecule has 1 aromatic carbocycles. The molecule has 114 valence electrons. The molecule has 0 saturated carbocycles. The summed E-state index contributed by atoms with van der Waals surface area (Å²) in [4.78, 5) is 36.2. The molecule has 22 heavy (non-hydrogen) atoms. The monoisotopic (exact) mass is 301 g/mol. The first-order valence-corrected chi connectivity index (χ1v) is 6.36. The Balaban J connectivity index is 2.42. The van der Waals surface area contributed by atoms with Gasteiger partial charge in [0.15, 0.2) is 5.82 Å². The third kappa shape index (κ3) is 3.36. The standard InChI is InChI=1S/C14H15N5O3/c1-9(20)19(22-2)13-11(12(15)21)8-16-14(18-13)17-10-6-4-3-5-7-10/h3-8H,1-2H3,(H2,15,21)(H,16,17,18). The minimum absolute atomic E-state index is 0.0177. The second kappa shape index (κ2) is 6.64. The predicted octanol–water partition coefficient (Wildman–Crippen LogP) is 1.23. The first-order valence-electron chi connectivity index (χ1n) is 6.36. The molecule has 2 rings (SSSR count). The molecule has 1 aromatic heterocycles. The highest BCUT2D eigenvalue weighted by atomic mass is 16.7. The molecule has 0 atom stereocenters. The van der Waals surface area contributed by atoms with Gasteiger partial charge in [-0.25, -0.2) is 4.98 Å². The van der Waals surface area contributed by atoms with Crippen LogP contribution < -0.4 is 16.1 Å². The van der Waals surface area contributed by atoms with Gasteiger partial charge in [-0.1, -0.05) is 18.2 Å². The fourth-order valence-electron chi connectivity index (χ4n) is 1.78. The molecular weight excluding hydrogens is 286 g/mol. The molecule has 0 fully saturated rings. The van der Waals surface area contributed by atoms with Gasteiger partial charge in [-0.15, -0.1) is 0 Å². The minimum Gasteiger partial charge on any atom is -0.365 e. The highest BCUT2D eigenvalue weighted by Crippen LogP contribution is 2.21. The zero-order chi connectivity index (χ0) is 16.1. The SMILES string of the molecule is CON(C(C)=O)c1nc(Nc2ccccc2)ncc1C(N)=O. The quantitative estimate of drug-likeness (QED) is 0.804. The fourth-order valence-corrected chi connectivity index (χ4v) is 1.78. The van der Waals surface area contributed by atoms with Crippen molar-refractivity contribution < 1.29 is 14.4 Å². The van der Waals surface area contributed by atoms with Gasteiger partial charge < -0.3 is 11.1 Å². The summed E-state index contributed by atoms with van der Waals surface area (Å²) in [6, 6.07) is 9.21. The number of primary amides is 1. The molecule has 3 N–H and O–H groups in total. The van der Waals surface area contributed by atoms with Gasteiger partial charge in [0.2, 0.25) is 11.9 Å². The lowest BCUT2D eigenvalue weighted by Crippen LogP contribution is -2.31. The molecule has 8 nitrogen and oxygen atoms in total. The Labute approximate surface area is 126 Å². The van der Waals surface area contributed by atoms with Gasteiger partial charge in [-0.3, -0.25) is 14.4 Å². The van der Waals surface area contributed by atoms with Crippen LogP contribution in [0.5, 0.6) is 0 Å². The van der Waals surface area contributed by atoms with E-state index in [1.807, 2.05) is 30.3 Å². The van der Waals surface area contributed by atoms with Crippen LogP contribution in [0.1, 0.15) is 17.3 Å². The first-order chi connectivity index (χ1) is 10.5. The van der Waals surface area contributed by atoms with Gasteiger partial charge in [-0.2, -0.15) is 10.0 Å². The van der Waals surface area contributed by atoms with Crippen molar-refractivity contribution >= 4 is 29.3 Å². The number of hydrogen-bond donors (Lipinski definition) is 2. The van der Waals surface area contributed by atoms with Crippen molar-refractivity contribution in [3.05, 3.63) is 42.1 Å². The molecule has 0 saturated heterocycles. The lowest BCUT2D eigenvalue weighted by Gasteiger charge is -2.19. The van der Waals surface area contributed by atoms with E-state index in [2.05, 4.69) is 15.3 Å². The zero-order valence-corrected chi connectivity index (χ0v) is 12.1. The number of nitrogens with zero attached hydrogens (tertiary/aromatic N) is 3. The van der Waals surface area contributed by atoms with Gasteiger partial charge in [0, 0.05) is 18.8 Å². The second-order valence-electron chi connectivity index (χ2n) is 4.28. The molecule has 0 aliphatic rings. The zero-order valence-electron chi connectivity index (χ0n) is 12.1. The number of nitrogens with two attached hydrogens (primary N) is 1. The van der Waals surface area contributed by atoms with Crippen molar-refractivity contribution in [3.8, 4) is 0 Å². The normalized spacial score (nSPS) is 10.1. The van der Waals surface area contributed by atoms with Crippen molar-refractivity contribution in [2.75, 3.05) is 17.5 Å². The van der Waals surface area contributed by atoms with Crippen molar-refractivity contribution in [2.24, 2.45) is 5.73 Å². The minimum atomic E-state index is -0.760.